The van der Waals surface area contributed by atoms with E-state index in [0.717, 1.165) is 48.6 Å². The van der Waals surface area contributed by atoms with E-state index in [9.17, 15) is 0 Å². The summed E-state index contributed by atoms with van der Waals surface area (Å²) in [5, 5.41) is 1.45. The summed E-state index contributed by atoms with van der Waals surface area (Å²) < 4.78 is 0. The molecule has 6 heteroatoms. The summed E-state index contributed by atoms with van der Waals surface area (Å²) in [5.41, 5.74) is 5.07. The Morgan fingerprint density at radius 3 is 2.26 bits per heavy atom. The van der Waals surface area contributed by atoms with Gasteiger partial charge in [-0.05, 0) is 48.2 Å². The van der Waals surface area contributed by atoms with Crippen LogP contribution in [0.3, 0.4) is 0 Å². The molecular weight excluding hydrogens is 424 g/mol. The van der Waals surface area contributed by atoms with E-state index in [2.05, 4.69) is 83.2 Å². The van der Waals surface area contributed by atoms with Gasteiger partial charge in [-0.2, -0.15) is 4.98 Å². The Labute approximate surface area is 192 Å². The standard InChI is InChI=1S/C25H25ClN4S/c1-3-18-9-11-19(12-10-18)21-17(2)31-24-22(21)23(27-25(26)28-24)30-15-13-29(14-16-30)20-7-5-4-6-8-20/h4-12H,3,13-16H2,1-2H3. The van der Waals surface area contributed by atoms with E-state index in [1.54, 1.807) is 11.3 Å². The Morgan fingerprint density at radius 1 is 0.903 bits per heavy atom. The molecule has 4 nitrogen and oxygen atoms in total. The molecule has 5 rings (SSSR count). The van der Waals surface area contributed by atoms with Gasteiger partial charge >= 0.3 is 0 Å². The molecule has 0 unspecified atom stereocenters. The first-order valence-corrected chi connectivity index (χ1v) is 11.9. The Kier molecular flexibility index (Phi) is 5.55. The van der Waals surface area contributed by atoms with Crippen molar-refractivity contribution < 1.29 is 0 Å². The molecule has 1 saturated heterocycles. The van der Waals surface area contributed by atoms with Gasteiger partial charge < -0.3 is 9.80 Å². The van der Waals surface area contributed by atoms with Gasteiger partial charge in [0.2, 0.25) is 5.28 Å². The lowest BCUT2D eigenvalue weighted by molar-refractivity contribution is 0.649. The van der Waals surface area contributed by atoms with Gasteiger partial charge in [-0.15, -0.1) is 11.3 Å². The van der Waals surface area contributed by atoms with Crippen molar-refractivity contribution in [1.82, 2.24) is 9.97 Å². The van der Waals surface area contributed by atoms with Crippen LogP contribution in [-0.2, 0) is 6.42 Å². The summed E-state index contributed by atoms with van der Waals surface area (Å²) in [5.74, 6) is 0.960. The van der Waals surface area contributed by atoms with Crippen LogP contribution < -0.4 is 9.80 Å². The molecule has 1 fully saturated rings. The molecule has 2 aromatic carbocycles. The number of anilines is 2. The third kappa shape index (κ3) is 3.88. The van der Waals surface area contributed by atoms with Gasteiger partial charge in [-0.1, -0.05) is 49.4 Å². The Morgan fingerprint density at radius 2 is 1.58 bits per heavy atom. The number of aromatic nitrogens is 2. The third-order valence-electron chi connectivity index (χ3n) is 6.03. The average molecular weight is 449 g/mol. The smallest absolute Gasteiger partial charge is 0.225 e. The predicted molar refractivity (Wildman–Crippen MR) is 133 cm³/mol. The fourth-order valence-electron chi connectivity index (χ4n) is 4.37. The number of thiophene rings is 1. The normalized spacial score (nSPS) is 14.4. The number of para-hydroxylation sites is 1. The molecule has 1 aliphatic heterocycles. The molecule has 0 saturated carbocycles. The van der Waals surface area contributed by atoms with Crippen LogP contribution in [0.4, 0.5) is 11.5 Å². The quantitative estimate of drug-likeness (QED) is 0.347. The van der Waals surface area contributed by atoms with Gasteiger partial charge in [-0.3, -0.25) is 0 Å². The van der Waals surface area contributed by atoms with Gasteiger partial charge in [-0.25, -0.2) is 4.98 Å². The zero-order valence-electron chi connectivity index (χ0n) is 17.8. The van der Waals surface area contributed by atoms with Crippen molar-refractivity contribution in [3.05, 3.63) is 70.3 Å². The number of halogens is 1. The van der Waals surface area contributed by atoms with Crippen LogP contribution in [0.5, 0.6) is 0 Å². The largest absolute Gasteiger partial charge is 0.368 e. The molecule has 0 aliphatic carbocycles. The summed E-state index contributed by atoms with van der Waals surface area (Å²) >= 11 is 8.06. The second-order valence-corrected chi connectivity index (χ2v) is 9.43. The molecule has 3 heterocycles. The Hall–Kier alpha value is -2.63. The van der Waals surface area contributed by atoms with Crippen LogP contribution in [0.15, 0.2) is 54.6 Å². The van der Waals surface area contributed by atoms with Crippen LogP contribution in [0.2, 0.25) is 5.28 Å². The maximum absolute atomic E-state index is 6.36. The zero-order valence-corrected chi connectivity index (χ0v) is 19.4. The lowest BCUT2D eigenvalue weighted by Gasteiger charge is -2.37. The topological polar surface area (TPSA) is 32.3 Å². The van der Waals surface area contributed by atoms with E-state index in [4.69, 9.17) is 16.6 Å². The molecule has 4 aromatic rings. The van der Waals surface area contributed by atoms with Gasteiger partial charge in [0, 0.05) is 42.3 Å². The fraction of sp³-hybridized carbons (Fsp3) is 0.280. The number of rotatable bonds is 4. The number of piperazine rings is 1. The number of aryl methyl sites for hydroxylation is 2. The lowest BCUT2D eigenvalue weighted by Crippen LogP contribution is -2.47. The van der Waals surface area contributed by atoms with Crippen molar-refractivity contribution in [2.45, 2.75) is 20.3 Å². The van der Waals surface area contributed by atoms with Crippen molar-refractivity contribution in [3.63, 3.8) is 0 Å². The molecule has 1 aliphatic rings. The third-order valence-corrected chi connectivity index (χ3v) is 7.20. The van der Waals surface area contributed by atoms with Crippen LogP contribution in [0.25, 0.3) is 21.3 Å². The molecular formula is C25H25ClN4S. The van der Waals surface area contributed by atoms with Crippen LogP contribution >= 0.6 is 22.9 Å². The number of fused-ring (bicyclic) bond motifs is 1. The molecule has 0 N–H and O–H groups in total. The highest BCUT2D eigenvalue weighted by Crippen LogP contribution is 2.42. The fourth-order valence-corrected chi connectivity index (χ4v) is 5.62. The average Bonchev–Trinajstić information content (AvgIpc) is 3.14. The molecule has 2 aromatic heterocycles. The highest BCUT2D eigenvalue weighted by atomic mass is 35.5. The number of nitrogens with zero attached hydrogens (tertiary/aromatic N) is 4. The summed E-state index contributed by atoms with van der Waals surface area (Å²) in [7, 11) is 0. The van der Waals surface area contributed by atoms with Gasteiger partial charge in [0.15, 0.2) is 0 Å². The molecule has 0 amide bonds. The van der Waals surface area contributed by atoms with Crippen molar-refractivity contribution in [1.29, 1.82) is 0 Å². The minimum absolute atomic E-state index is 0.321. The van der Waals surface area contributed by atoms with Crippen LogP contribution in [0, 0.1) is 6.92 Å². The summed E-state index contributed by atoms with van der Waals surface area (Å²) in [6.45, 7) is 8.07. The van der Waals surface area contributed by atoms with E-state index >= 15 is 0 Å². The van der Waals surface area contributed by atoms with Crippen LogP contribution in [0.1, 0.15) is 17.4 Å². The van der Waals surface area contributed by atoms with Gasteiger partial charge in [0.1, 0.15) is 10.6 Å². The van der Waals surface area contributed by atoms with E-state index < -0.39 is 0 Å². The minimum Gasteiger partial charge on any atom is -0.368 e. The maximum Gasteiger partial charge on any atom is 0.225 e. The Bertz CT molecular complexity index is 1200. The van der Waals surface area contributed by atoms with Crippen LogP contribution in [-0.4, -0.2) is 36.1 Å². The molecule has 158 valence electrons. The first kappa shape index (κ1) is 20.3. The second kappa shape index (κ2) is 8.48. The molecule has 0 radical (unpaired) electrons. The van der Waals surface area contributed by atoms with E-state index in [0.29, 0.717) is 5.28 Å². The second-order valence-electron chi connectivity index (χ2n) is 7.89. The summed E-state index contributed by atoms with van der Waals surface area (Å²) in [6.07, 6.45) is 1.04. The first-order valence-electron chi connectivity index (χ1n) is 10.7. The number of benzene rings is 2. The zero-order chi connectivity index (χ0) is 21.4. The predicted octanol–water partition coefficient (Wildman–Crippen LogP) is 6.21. The van der Waals surface area contributed by atoms with Crippen molar-refractivity contribution in [2.75, 3.05) is 36.0 Å². The maximum atomic E-state index is 6.36. The molecule has 0 atom stereocenters. The minimum atomic E-state index is 0.321. The number of hydrogen-bond acceptors (Lipinski definition) is 5. The SMILES string of the molecule is CCc1ccc(-c2c(C)sc3nc(Cl)nc(N4CCN(c5ccccc5)CC4)c23)cc1. The van der Waals surface area contributed by atoms with Crippen molar-refractivity contribution in [2.24, 2.45) is 0 Å². The van der Waals surface area contributed by atoms with Gasteiger partial charge in [0.05, 0.1) is 5.39 Å². The molecule has 0 bridgehead atoms. The van der Waals surface area contributed by atoms with Crippen molar-refractivity contribution >= 4 is 44.7 Å². The summed E-state index contributed by atoms with van der Waals surface area (Å²) in [6, 6.07) is 19.5. The highest BCUT2D eigenvalue weighted by molar-refractivity contribution is 7.19. The van der Waals surface area contributed by atoms with E-state index in [1.165, 1.54) is 27.3 Å². The highest BCUT2D eigenvalue weighted by Gasteiger charge is 2.25. The Balaban J connectivity index is 1.53. The first-order chi connectivity index (χ1) is 15.1. The van der Waals surface area contributed by atoms with E-state index in [1.807, 2.05) is 0 Å². The monoisotopic (exact) mass is 448 g/mol. The van der Waals surface area contributed by atoms with Crippen molar-refractivity contribution in [3.8, 4) is 11.1 Å². The summed E-state index contributed by atoms with van der Waals surface area (Å²) in [4.78, 5) is 16.3. The lowest BCUT2D eigenvalue weighted by atomic mass is 10.0. The number of hydrogen-bond donors (Lipinski definition) is 0. The molecule has 31 heavy (non-hydrogen) atoms. The molecule has 0 spiro atoms. The van der Waals surface area contributed by atoms with E-state index in [-0.39, 0.29) is 0 Å². The van der Waals surface area contributed by atoms with Gasteiger partial charge in [0.25, 0.3) is 0 Å².